The Labute approximate surface area is 118 Å². The lowest BCUT2D eigenvalue weighted by molar-refractivity contribution is -0.137. The Morgan fingerprint density at radius 3 is 2.50 bits per heavy atom. The number of carbonyl (C=O) groups excluding carboxylic acids is 2. The van der Waals surface area contributed by atoms with Crippen LogP contribution in [0.3, 0.4) is 0 Å². The molecule has 20 heavy (non-hydrogen) atoms. The van der Waals surface area contributed by atoms with Gasteiger partial charge in [-0.05, 0) is 6.42 Å². The first-order chi connectivity index (χ1) is 9.49. The third-order valence-electron chi connectivity index (χ3n) is 2.43. The first-order valence-corrected chi connectivity index (χ1v) is 6.51. The molecule has 0 aliphatic carbocycles. The Balaban J connectivity index is 3.94. The van der Waals surface area contributed by atoms with Gasteiger partial charge in [-0.15, -0.1) is 0 Å². The Bertz CT molecular complexity index is 322. The molecule has 0 aliphatic rings. The summed E-state index contributed by atoms with van der Waals surface area (Å²) in [5.74, 6) is -1.30. The number of rotatable bonds is 10. The van der Waals surface area contributed by atoms with Gasteiger partial charge < -0.3 is 25.8 Å². The van der Waals surface area contributed by atoms with Crippen molar-refractivity contribution in [3.8, 4) is 0 Å². The first-order valence-electron chi connectivity index (χ1n) is 6.51. The molecule has 0 spiro atoms. The van der Waals surface area contributed by atoms with Crippen molar-refractivity contribution in [3.05, 3.63) is 0 Å². The molecule has 0 heterocycles. The van der Waals surface area contributed by atoms with Crippen molar-refractivity contribution in [2.24, 2.45) is 0 Å². The second-order valence-corrected chi connectivity index (χ2v) is 4.25. The predicted octanol–water partition coefficient (Wildman–Crippen LogP) is -0.308. The number of aliphatic carboxylic acids is 1. The summed E-state index contributed by atoms with van der Waals surface area (Å²) in [6.07, 6.45) is 1.19. The number of carboxylic acid groups (broad SMARTS) is 1. The minimum atomic E-state index is -0.971. The lowest BCUT2D eigenvalue weighted by atomic mass is 10.1. The average Bonchev–Trinajstić information content (AvgIpc) is 2.36. The van der Waals surface area contributed by atoms with Gasteiger partial charge in [0, 0.05) is 19.7 Å². The van der Waals surface area contributed by atoms with Gasteiger partial charge >= 0.3 is 12.0 Å². The van der Waals surface area contributed by atoms with Gasteiger partial charge in [-0.3, -0.25) is 9.59 Å². The Morgan fingerprint density at radius 1 is 1.25 bits per heavy atom. The second-order valence-electron chi connectivity index (χ2n) is 4.25. The minimum absolute atomic E-state index is 0.138. The average molecular weight is 289 g/mol. The fraction of sp³-hybridized carbons (Fsp3) is 0.750. The van der Waals surface area contributed by atoms with Crippen molar-refractivity contribution in [2.75, 3.05) is 26.8 Å². The Hall–Kier alpha value is -1.83. The third kappa shape index (κ3) is 10.1. The predicted molar refractivity (Wildman–Crippen MR) is 72.4 cm³/mol. The molecule has 1 atom stereocenters. The van der Waals surface area contributed by atoms with Crippen LogP contribution in [0.15, 0.2) is 0 Å². The molecule has 0 aromatic rings. The fourth-order valence-electron chi connectivity index (χ4n) is 1.54. The number of hydrogen-bond donors (Lipinski definition) is 4. The van der Waals surface area contributed by atoms with Crippen molar-refractivity contribution in [1.82, 2.24) is 16.0 Å². The molecule has 0 bridgehead atoms. The summed E-state index contributed by atoms with van der Waals surface area (Å²) in [5.41, 5.74) is 0. The van der Waals surface area contributed by atoms with E-state index in [-0.39, 0.29) is 18.9 Å². The van der Waals surface area contributed by atoms with Crippen molar-refractivity contribution >= 4 is 17.9 Å². The van der Waals surface area contributed by atoms with Crippen LogP contribution < -0.4 is 16.0 Å². The molecule has 116 valence electrons. The molecule has 0 aliphatic heterocycles. The standard InChI is InChI=1S/C12H23N3O5/c1-3-4-9(7-11(17)18)15-12(19)14-8-10(16)13-5-6-20-2/h9H,3-8H2,1-2H3,(H,13,16)(H,17,18)(H2,14,15,19). The summed E-state index contributed by atoms with van der Waals surface area (Å²) < 4.78 is 4.76. The van der Waals surface area contributed by atoms with E-state index in [1.165, 1.54) is 7.11 Å². The summed E-state index contributed by atoms with van der Waals surface area (Å²) in [6, 6.07) is -0.986. The maximum absolute atomic E-state index is 11.5. The zero-order valence-electron chi connectivity index (χ0n) is 11.9. The third-order valence-corrected chi connectivity index (χ3v) is 2.43. The van der Waals surface area contributed by atoms with Gasteiger partial charge in [-0.1, -0.05) is 13.3 Å². The molecule has 3 amide bonds. The highest BCUT2D eigenvalue weighted by atomic mass is 16.5. The maximum Gasteiger partial charge on any atom is 0.315 e. The lowest BCUT2D eigenvalue weighted by Gasteiger charge is -2.16. The Kier molecular flexibility index (Phi) is 10.0. The normalized spacial score (nSPS) is 11.5. The molecule has 0 saturated carbocycles. The molecular weight excluding hydrogens is 266 g/mol. The number of methoxy groups -OCH3 is 1. The van der Waals surface area contributed by atoms with Gasteiger partial charge in [0.1, 0.15) is 0 Å². The number of urea groups is 1. The highest BCUT2D eigenvalue weighted by molar-refractivity contribution is 5.84. The van der Waals surface area contributed by atoms with E-state index >= 15 is 0 Å². The fourth-order valence-corrected chi connectivity index (χ4v) is 1.54. The molecule has 1 unspecified atom stereocenters. The maximum atomic E-state index is 11.5. The van der Waals surface area contributed by atoms with Crippen LogP contribution in [0.4, 0.5) is 4.79 Å². The summed E-state index contributed by atoms with van der Waals surface area (Å²) >= 11 is 0. The molecule has 8 nitrogen and oxygen atoms in total. The summed E-state index contributed by atoms with van der Waals surface area (Å²) in [7, 11) is 1.52. The summed E-state index contributed by atoms with van der Waals surface area (Å²) in [5, 5.41) is 16.2. The van der Waals surface area contributed by atoms with Gasteiger partial charge in [0.15, 0.2) is 0 Å². The molecule has 4 N–H and O–H groups in total. The molecule has 8 heteroatoms. The lowest BCUT2D eigenvalue weighted by Crippen LogP contribution is -2.46. The van der Waals surface area contributed by atoms with Crippen molar-refractivity contribution in [2.45, 2.75) is 32.2 Å². The topological polar surface area (TPSA) is 117 Å². The van der Waals surface area contributed by atoms with E-state index in [0.29, 0.717) is 19.6 Å². The number of carbonyl (C=O) groups is 3. The van der Waals surface area contributed by atoms with E-state index < -0.39 is 18.0 Å². The van der Waals surface area contributed by atoms with Crippen LogP contribution in [0.5, 0.6) is 0 Å². The zero-order chi connectivity index (χ0) is 15.4. The van der Waals surface area contributed by atoms with E-state index in [2.05, 4.69) is 16.0 Å². The Morgan fingerprint density at radius 2 is 1.95 bits per heavy atom. The highest BCUT2D eigenvalue weighted by Gasteiger charge is 2.15. The van der Waals surface area contributed by atoms with Gasteiger partial charge in [-0.2, -0.15) is 0 Å². The molecular formula is C12H23N3O5. The number of amides is 3. The van der Waals surface area contributed by atoms with Gasteiger partial charge in [0.25, 0.3) is 0 Å². The molecule has 0 aromatic heterocycles. The summed E-state index contributed by atoms with van der Waals surface area (Å²) in [4.78, 5) is 33.5. The quantitative estimate of drug-likeness (QED) is 0.412. The zero-order valence-corrected chi connectivity index (χ0v) is 11.9. The van der Waals surface area contributed by atoms with E-state index in [4.69, 9.17) is 9.84 Å². The van der Waals surface area contributed by atoms with Crippen LogP contribution in [-0.4, -0.2) is 55.9 Å². The van der Waals surface area contributed by atoms with Crippen LogP contribution in [0, 0.1) is 0 Å². The summed E-state index contributed by atoms with van der Waals surface area (Å²) in [6.45, 7) is 2.50. The van der Waals surface area contributed by atoms with E-state index in [1.807, 2.05) is 6.92 Å². The number of nitrogens with one attached hydrogen (secondary N) is 3. The second kappa shape index (κ2) is 11.0. The SMILES string of the molecule is CCCC(CC(=O)O)NC(=O)NCC(=O)NCCOC. The van der Waals surface area contributed by atoms with Gasteiger partial charge in [-0.25, -0.2) is 4.79 Å². The number of carboxylic acids is 1. The van der Waals surface area contributed by atoms with Crippen LogP contribution >= 0.6 is 0 Å². The van der Waals surface area contributed by atoms with Crippen LogP contribution in [-0.2, 0) is 14.3 Å². The first kappa shape index (κ1) is 18.2. The molecule has 0 fully saturated rings. The molecule has 0 rings (SSSR count). The van der Waals surface area contributed by atoms with E-state index in [1.54, 1.807) is 0 Å². The van der Waals surface area contributed by atoms with E-state index in [9.17, 15) is 14.4 Å². The molecule has 0 aromatic carbocycles. The van der Waals surface area contributed by atoms with Crippen LogP contribution in [0.25, 0.3) is 0 Å². The van der Waals surface area contributed by atoms with Gasteiger partial charge in [0.2, 0.25) is 5.91 Å². The van der Waals surface area contributed by atoms with Crippen molar-refractivity contribution in [1.29, 1.82) is 0 Å². The van der Waals surface area contributed by atoms with Crippen LogP contribution in [0.1, 0.15) is 26.2 Å². The van der Waals surface area contributed by atoms with Gasteiger partial charge in [0.05, 0.1) is 19.6 Å². The van der Waals surface area contributed by atoms with Crippen molar-refractivity contribution in [3.63, 3.8) is 0 Å². The number of hydrogen-bond acceptors (Lipinski definition) is 4. The van der Waals surface area contributed by atoms with E-state index in [0.717, 1.165) is 6.42 Å². The largest absolute Gasteiger partial charge is 0.481 e. The smallest absolute Gasteiger partial charge is 0.315 e. The molecule has 0 saturated heterocycles. The molecule has 0 radical (unpaired) electrons. The highest BCUT2D eigenvalue weighted by Crippen LogP contribution is 2.01. The number of ether oxygens (including phenoxy) is 1. The van der Waals surface area contributed by atoms with Crippen LogP contribution in [0.2, 0.25) is 0 Å². The monoisotopic (exact) mass is 289 g/mol. The minimum Gasteiger partial charge on any atom is -0.481 e. The van der Waals surface area contributed by atoms with Crippen molar-refractivity contribution < 1.29 is 24.2 Å².